The summed E-state index contributed by atoms with van der Waals surface area (Å²) in [6.07, 6.45) is 0.191. The molecule has 0 radical (unpaired) electrons. The van der Waals surface area contributed by atoms with Gasteiger partial charge in [-0.15, -0.1) is 0 Å². The van der Waals surface area contributed by atoms with Crippen LogP contribution in [-0.2, 0) is 4.79 Å². The highest BCUT2D eigenvalue weighted by Gasteiger charge is 2.42. The van der Waals surface area contributed by atoms with Crippen molar-refractivity contribution in [2.24, 2.45) is 0 Å². The van der Waals surface area contributed by atoms with E-state index >= 15 is 0 Å². The SMILES string of the molecule is CCC(CC(C)=O)c1ccc2c(C(=O)NCC3(O)CCC(F)(F)CC3)c(Cl)ccc2n1. The van der Waals surface area contributed by atoms with Crippen molar-refractivity contribution in [1.82, 2.24) is 10.3 Å². The minimum absolute atomic E-state index is 0.00599. The number of nitrogens with one attached hydrogen (secondary N) is 1. The Bertz CT molecular complexity index is 986. The van der Waals surface area contributed by atoms with Crippen LogP contribution in [0.25, 0.3) is 10.9 Å². The first-order chi connectivity index (χ1) is 14.5. The number of fused-ring (bicyclic) bond motifs is 1. The number of hydrogen-bond donors (Lipinski definition) is 2. The second-order valence-electron chi connectivity index (χ2n) is 8.50. The summed E-state index contributed by atoms with van der Waals surface area (Å²) in [6, 6.07) is 6.85. The van der Waals surface area contributed by atoms with E-state index in [1.165, 1.54) is 0 Å². The zero-order valence-corrected chi connectivity index (χ0v) is 18.4. The molecule has 2 N–H and O–H groups in total. The Balaban J connectivity index is 1.82. The molecule has 1 amide bonds. The third-order valence-corrected chi connectivity index (χ3v) is 6.32. The molecule has 1 atom stereocenters. The van der Waals surface area contributed by atoms with Crippen molar-refractivity contribution >= 4 is 34.2 Å². The summed E-state index contributed by atoms with van der Waals surface area (Å²) < 4.78 is 26.8. The molecule has 3 rings (SSSR count). The average Bonchev–Trinajstić information content (AvgIpc) is 2.72. The van der Waals surface area contributed by atoms with Crippen molar-refractivity contribution in [1.29, 1.82) is 0 Å². The number of halogens is 3. The van der Waals surface area contributed by atoms with Crippen LogP contribution in [-0.4, -0.2) is 39.8 Å². The predicted octanol–water partition coefficient (Wildman–Crippen LogP) is 5.03. The monoisotopic (exact) mass is 452 g/mol. The Hall–Kier alpha value is -2.12. The van der Waals surface area contributed by atoms with E-state index in [9.17, 15) is 23.5 Å². The van der Waals surface area contributed by atoms with E-state index in [-0.39, 0.29) is 41.7 Å². The van der Waals surface area contributed by atoms with Gasteiger partial charge in [-0.25, -0.2) is 8.78 Å². The molecule has 1 aromatic heterocycles. The molecular formula is C23H27ClF2N2O3. The molecule has 1 aliphatic carbocycles. The second kappa shape index (κ2) is 9.17. The van der Waals surface area contributed by atoms with E-state index in [1.807, 2.05) is 6.92 Å². The number of aromatic nitrogens is 1. The number of pyridine rings is 1. The molecule has 31 heavy (non-hydrogen) atoms. The van der Waals surface area contributed by atoms with Crippen molar-refractivity contribution in [2.75, 3.05) is 6.54 Å². The molecule has 8 heteroatoms. The number of carbonyl (C=O) groups excluding carboxylic acids is 2. The largest absolute Gasteiger partial charge is 0.388 e. The van der Waals surface area contributed by atoms with E-state index < -0.39 is 30.3 Å². The molecule has 0 spiro atoms. The zero-order chi connectivity index (χ0) is 22.8. The van der Waals surface area contributed by atoms with Crippen LogP contribution in [0.3, 0.4) is 0 Å². The first-order valence-corrected chi connectivity index (χ1v) is 10.9. The summed E-state index contributed by atoms with van der Waals surface area (Å²) in [6.45, 7) is 3.41. The molecule has 2 aromatic rings. The van der Waals surface area contributed by atoms with Crippen LogP contribution in [0.1, 0.15) is 74.3 Å². The highest BCUT2D eigenvalue weighted by atomic mass is 35.5. The normalized spacial score (nSPS) is 18.5. The van der Waals surface area contributed by atoms with E-state index in [2.05, 4.69) is 10.3 Å². The molecule has 5 nitrogen and oxygen atoms in total. The second-order valence-corrected chi connectivity index (χ2v) is 8.91. The summed E-state index contributed by atoms with van der Waals surface area (Å²) in [4.78, 5) is 29.1. The van der Waals surface area contributed by atoms with Gasteiger partial charge in [0, 0.05) is 42.8 Å². The Morgan fingerprint density at radius 2 is 1.87 bits per heavy atom. The van der Waals surface area contributed by atoms with Crippen molar-refractivity contribution in [3.63, 3.8) is 0 Å². The Morgan fingerprint density at radius 1 is 1.19 bits per heavy atom. The molecule has 1 heterocycles. The van der Waals surface area contributed by atoms with Crippen molar-refractivity contribution in [3.8, 4) is 0 Å². The summed E-state index contributed by atoms with van der Waals surface area (Å²) in [5.74, 6) is -3.18. The molecule has 1 fully saturated rings. The van der Waals surface area contributed by atoms with Gasteiger partial charge in [-0.05, 0) is 44.4 Å². The molecule has 1 unspecified atom stereocenters. The summed E-state index contributed by atoms with van der Waals surface area (Å²) in [7, 11) is 0. The van der Waals surface area contributed by atoms with E-state index in [1.54, 1.807) is 31.2 Å². The van der Waals surface area contributed by atoms with Gasteiger partial charge in [0.1, 0.15) is 5.78 Å². The fraction of sp³-hybridized carbons (Fsp3) is 0.522. The number of Topliss-reactive ketones (excluding diaryl/α,β-unsaturated/α-hetero) is 1. The number of alkyl halides is 2. The van der Waals surface area contributed by atoms with Gasteiger partial charge < -0.3 is 15.2 Å². The number of rotatable bonds is 7. The molecule has 0 saturated heterocycles. The van der Waals surface area contributed by atoms with Crippen LogP contribution in [0, 0.1) is 0 Å². The van der Waals surface area contributed by atoms with Gasteiger partial charge in [-0.2, -0.15) is 0 Å². The standard InChI is InChI=1S/C23H27ClF2N2O3/c1-3-15(12-14(2)29)18-6-4-16-19(28-18)7-5-17(24)20(16)21(30)27-13-22(31)8-10-23(25,26)11-9-22/h4-7,15,31H,3,8-13H2,1-2H3,(H,27,30). The van der Waals surface area contributed by atoms with Gasteiger partial charge in [0.2, 0.25) is 5.92 Å². The maximum atomic E-state index is 13.4. The number of amides is 1. The lowest BCUT2D eigenvalue weighted by atomic mass is 9.82. The molecule has 1 aliphatic rings. The number of ketones is 1. The smallest absolute Gasteiger partial charge is 0.253 e. The summed E-state index contributed by atoms with van der Waals surface area (Å²) >= 11 is 6.30. The minimum Gasteiger partial charge on any atom is -0.388 e. The van der Waals surface area contributed by atoms with Gasteiger partial charge in [0.25, 0.3) is 5.91 Å². The van der Waals surface area contributed by atoms with Crippen LogP contribution in [0.5, 0.6) is 0 Å². The van der Waals surface area contributed by atoms with E-state index in [0.29, 0.717) is 17.3 Å². The van der Waals surface area contributed by atoms with Crippen molar-refractivity contribution in [2.45, 2.75) is 69.8 Å². The molecule has 0 aliphatic heterocycles. The highest BCUT2D eigenvalue weighted by Crippen LogP contribution is 2.38. The minimum atomic E-state index is -2.77. The van der Waals surface area contributed by atoms with Crippen LogP contribution in [0.4, 0.5) is 8.78 Å². The van der Waals surface area contributed by atoms with Gasteiger partial charge in [0.05, 0.1) is 21.7 Å². The molecular weight excluding hydrogens is 426 g/mol. The fourth-order valence-corrected chi connectivity index (χ4v) is 4.30. The fourth-order valence-electron chi connectivity index (χ4n) is 4.05. The van der Waals surface area contributed by atoms with E-state index in [0.717, 1.165) is 12.1 Å². The lowest BCUT2D eigenvalue weighted by Gasteiger charge is -2.35. The number of aliphatic hydroxyl groups is 1. The average molecular weight is 453 g/mol. The third-order valence-electron chi connectivity index (χ3n) is 6.00. The van der Waals surface area contributed by atoms with Crippen molar-refractivity contribution in [3.05, 3.63) is 40.5 Å². The highest BCUT2D eigenvalue weighted by molar-refractivity contribution is 6.35. The lowest BCUT2D eigenvalue weighted by molar-refractivity contribution is -0.117. The van der Waals surface area contributed by atoms with Crippen LogP contribution >= 0.6 is 11.6 Å². The maximum Gasteiger partial charge on any atom is 0.253 e. The predicted molar refractivity (Wildman–Crippen MR) is 116 cm³/mol. The van der Waals surface area contributed by atoms with Gasteiger partial charge in [-0.3, -0.25) is 9.78 Å². The van der Waals surface area contributed by atoms with E-state index in [4.69, 9.17) is 11.6 Å². The topological polar surface area (TPSA) is 79.3 Å². The first-order valence-electron chi connectivity index (χ1n) is 10.5. The van der Waals surface area contributed by atoms with Crippen LogP contribution in [0.2, 0.25) is 5.02 Å². The maximum absolute atomic E-state index is 13.4. The number of benzene rings is 1. The summed E-state index contributed by atoms with van der Waals surface area (Å²) in [5.41, 5.74) is 0.213. The number of hydrogen-bond acceptors (Lipinski definition) is 4. The van der Waals surface area contributed by atoms with Crippen LogP contribution in [0.15, 0.2) is 24.3 Å². The molecule has 1 aromatic carbocycles. The molecule has 1 saturated carbocycles. The van der Waals surface area contributed by atoms with Gasteiger partial charge in [0.15, 0.2) is 0 Å². The number of nitrogens with zero attached hydrogens (tertiary/aromatic N) is 1. The third kappa shape index (κ3) is 5.57. The molecule has 168 valence electrons. The molecule has 0 bridgehead atoms. The number of carbonyl (C=O) groups is 2. The first kappa shape index (κ1) is 23.5. The quantitative estimate of drug-likeness (QED) is 0.617. The van der Waals surface area contributed by atoms with Gasteiger partial charge >= 0.3 is 0 Å². The Morgan fingerprint density at radius 3 is 2.48 bits per heavy atom. The Kier molecular flexibility index (Phi) is 6.96. The van der Waals surface area contributed by atoms with Crippen molar-refractivity contribution < 1.29 is 23.5 Å². The summed E-state index contributed by atoms with van der Waals surface area (Å²) in [5, 5.41) is 14.0. The van der Waals surface area contributed by atoms with Gasteiger partial charge in [-0.1, -0.05) is 24.6 Å². The zero-order valence-electron chi connectivity index (χ0n) is 17.7. The Labute approximate surface area is 185 Å². The van der Waals surface area contributed by atoms with Crippen LogP contribution < -0.4 is 5.32 Å². The lowest BCUT2D eigenvalue weighted by Crippen LogP contribution is -2.47.